The first kappa shape index (κ1) is 21.8. The van der Waals surface area contributed by atoms with Crippen LogP contribution >= 0.6 is 11.3 Å². The molecule has 1 aliphatic heterocycles. The van der Waals surface area contributed by atoms with Gasteiger partial charge in [-0.2, -0.15) is 0 Å². The number of anilines is 1. The molecule has 0 radical (unpaired) electrons. The summed E-state index contributed by atoms with van der Waals surface area (Å²) >= 11 is 1.45. The molecule has 4 rings (SSSR count). The van der Waals surface area contributed by atoms with Crippen LogP contribution in [-0.4, -0.2) is 22.9 Å². The van der Waals surface area contributed by atoms with E-state index in [4.69, 9.17) is 4.74 Å². The van der Waals surface area contributed by atoms with E-state index in [9.17, 15) is 14.7 Å². The summed E-state index contributed by atoms with van der Waals surface area (Å²) in [4.78, 5) is 28.7. The smallest absolute Gasteiger partial charge is 0.300 e. The van der Waals surface area contributed by atoms with Gasteiger partial charge in [-0.1, -0.05) is 18.2 Å². The first-order valence-corrected chi connectivity index (χ1v) is 11.3. The zero-order valence-electron chi connectivity index (χ0n) is 18.5. The van der Waals surface area contributed by atoms with E-state index in [2.05, 4.69) is 0 Å². The molecule has 1 atom stereocenters. The third-order valence-electron chi connectivity index (χ3n) is 5.59. The van der Waals surface area contributed by atoms with E-state index in [0.717, 1.165) is 16.0 Å². The van der Waals surface area contributed by atoms with Crippen LogP contribution in [0.4, 0.5) is 5.69 Å². The summed E-state index contributed by atoms with van der Waals surface area (Å²) < 4.78 is 5.67. The number of carbonyl (C=O) groups excluding carboxylic acids is 2. The fourth-order valence-corrected chi connectivity index (χ4v) is 4.74. The van der Waals surface area contributed by atoms with E-state index in [1.165, 1.54) is 16.2 Å². The van der Waals surface area contributed by atoms with Crippen molar-refractivity contribution in [3.05, 3.63) is 87.1 Å². The van der Waals surface area contributed by atoms with Crippen LogP contribution in [0.5, 0.6) is 5.75 Å². The molecule has 164 valence electrons. The maximum Gasteiger partial charge on any atom is 0.300 e. The van der Waals surface area contributed by atoms with Crippen molar-refractivity contribution in [2.75, 3.05) is 4.90 Å². The summed E-state index contributed by atoms with van der Waals surface area (Å²) in [5, 5.41) is 13.1. The van der Waals surface area contributed by atoms with Crippen molar-refractivity contribution >= 4 is 34.5 Å². The fraction of sp³-hybridized carbons (Fsp3) is 0.231. The number of aliphatic hydroxyl groups is 1. The fourth-order valence-electron chi connectivity index (χ4n) is 3.91. The van der Waals surface area contributed by atoms with E-state index >= 15 is 0 Å². The highest BCUT2D eigenvalue weighted by Crippen LogP contribution is 2.44. The summed E-state index contributed by atoms with van der Waals surface area (Å²) in [5.41, 5.74) is 3.17. The molecule has 3 aromatic rings. The number of Topliss-reactive ketones (excluding diaryl/α,β-unsaturated/α-hetero) is 1. The first-order valence-electron chi connectivity index (χ1n) is 10.5. The zero-order valence-corrected chi connectivity index (χ0v) is 19.3. The summed E-state index contributed by atoms with van der Waals surface area (Å²) in [6, 6.07) is 15.6. The summed E-state index contributed by atoms with van der Waals surface area (Å²) in [5.74, 6) is -0.851. The number of aryl methyl sites for hydroxylation is 1. The molecule has 2 aromatic carbocycles. The Balaban J connectivity index is 1.86. The number of amides is 1. The van der Waals surface area contributed by atoms with Crippen molar-refractivity contribution in [2.24, 2.45) is 0 Å². The maximum atomic E-state index is 13.2. The van der Waals surface area contributed by atoms with Crippen LogP contribution in [0, 0.1) is 13.8 Å². The second-order valence-corrected chi connectivity index (χ2v) is 9.07. The topological polar surface area (TPSA) is 66.8 Å². The van der Waals surface area contributed by atoms with E-state index in [1.54, 1.807) is 24.3 Å². The molecule has 1 unspecified atom stereocenters. The monoisotopic (exact) mass is 447 g/mol. The van der Waals surface area contributed by atoms with Crippen LogP contribution in [0.1, 0.15) is 41.5 Å². The van der Waals surface area contributed by atoms with Gasteiger partial charge in [0.05, 0.1) is 11.7 Å². The van der Waals surface area contributed by atoms with Crippen LogP contribution in [-0.2, 0) is 9.59 Å². The number of rotatable bonds is 5. The standard InChI is InChI=1S/C26H25NO4S/c1-15(2)31-19-12-10-18(11-13-19)24(28)22-23(21-9-6-14-32-21)27(26(30)25(22)29)20-8-5-7-16(3)17(20)4/h5-15,23,28H,1-4H3/b24-22-. The Bertz CT molecular complexity index is 1190. The van der Waals surface area contributed by atoms with Crippen molar-refractivity contribution < 1.29 is 19.4 Å². The third-order valence-corrected chi connectivity index (χ3v) is 6.52. The number of nitrogens with zero attached hydrogens (tertiary/aromatic N) is 1. The van der Waals surface area contributed by atoms with Crippen LogP contribution in [0.25, 0.3) is 5.76 Å². The van der Waals surface area contributed by atoms with E-state index in [1.807, 2.05) is 63.4 Å². The molecule has 1 aromatic heterocycles. The Labute approximate surface area is 191 Å². The van der Waals surface area contributed by atoms with Crippen LogP contribution in [0.15, 0.2) is 65.6 Å². The number of hydrogen-bond acceptors (Lipinski definition) is 5. The predicted molar refractivity (Wildman–Crippen MR) is 127 cm³/mol. The van der Waals surface area contributed by atoms with Gasteiger partial charge >= 0.3 is 0 Å². The minimum Gasteiger partial charge on any atom is -0.507 e. The molecule has 0 bridgehead atoms. The van der Waals surface area contributed by atoms with Gasteiger partial charge in [0.15, 0.2) is 0 Å². The van der Waals surface area contributed by atoms with Gasteiger partial charge in [-0.05, 0) is 80.6 Å². The Kier molecular flexibility index (Phi) is 5.89. The zero-order chi connectivity index (χ0) is 23.0. The molecule has 1 amide bonds. The molecule has 1 N–H and O–H groups in total. The summed E-state index contributed by atoms with van der Waals surface area (Å²) in [6.45, 7) is 7.77. The lowest BCUT2D eigenvalue weighted by Gasteiger charge is -2.26. The Hall–Kier alpha value is -3.38. The van der Waals surface area contributed by atoms with Crippen molar-refractivity contribution in [1.29, 1.82) is 0 Å². The Morgan fingerprint density at radius 1 is 1.03 bits per heavy atom. The largest absolute Gasteiger partial charge is 0.507 e. The van der Waals surface area contributed by atoms with Crippen molar-refractivity contribution in [1.82, 2.24) is 0 Å². The molecule has 1 aliphatic rings. The number of ketones is 1. The van der Waals surface area contributed by atoms with Crippen LogP contribution in [0.3, 0.4) is 0 Å². The van der Waals surface area contributed by atoms with Gasteiger partial charge in [-0.15, -0.1) is 11.3 Å². The van der Waals surface area contributed by atoms with Gasteiger partial charge in [0.25, 0.3) is 11.7 Å². The highest BCUT2D eigenvalue weighted by atomic mass is 32.1. The molecule has 0 aliphatic carbocycles. The van der Waals surface area contributed by atoms with Gasteiger partial charge < -0.3 is 9.84 Å². The first-order chi connectivity index (χ1) is 15.3. The summed E-state index contributed by atoms with van der Waals surface area (Å²) in [7, 11) is 0. The average molecular weight is 448 g/mol. The van der Waals surface area contributed by atoms with Gasteiger partial charge in [-0.25, -0.2) is 0 Å². The quantitative estimate of drug-likeness (QED) is 0.306. The molecule has 1 fully saturated rings. The lowest BCUT2D eigenvalue weighted by atomic mass is 9.99. The average Bonchev–Trinajstić information content (AvgIpc) is 3.37. The Morgan fingerprint density at radius 2 is 1.75 bits per heavy atom. The molecular weight excluding hydrogens is 422 g/mol. The Morgan fingerprint density at radius 3 is 2.38 bits per heavy atom. The lowest BCUT2D eigenvalue weighted by molar-refractivity contribution is -0.132. The van der Waals surface area contributed by atoms with E-state index in [0.29, 0.717) is 17.0 Å². The van der Waals surface area contributed by atoms with Gasteiger partial charge in [0.1, 0.15) is 17.6 Å². The number of hydrogen-bond donors (Lipinski definition) is 1. The second-order valence-electron chi connectivity index (χ2n) is 8.09. The molecule has 0 saturated carbocycles. The second kappa shape index (κ2) is 8.63. The van der Waals surface area contributed by atoms with Crippen molar-refractivity contribution in [3.8, 4) is 5.75 Å². The highest BCUT2D eigenvalue weighted by Gasteiger charge is 2.47. The minimum absolute atomic E-state index is 0.0242. The SMILES string of the molecule is Cc1cccc(N2C(=O)C(=O)/C(=C(\O)c3ccc(OC(C)C)cc3)C2c2cccs2)c1C. The molecule has 32 heavy (non-hydrogen) atoms. The van der Waals surface area contributed by atoms with E-state index < -0.39 is 17.7 Å². The third kappa shape index (κ3) is 3.82. The molecule has 5 nitrogen and oxygen atoms in total. The molecule has 1 saturated heterocycles. The molecule has 6 heteroatoms. The molecule has 2 heterocycles. The maximum absolute atomic E-state index is 13.2. The number of benzene rings is 2. The van der Waals surface area contributed by atoms with Gasteiger partial charge in [0.2, 0.25) is 0 Å². The number of carbonyl (C=O) groups is 2. The molecule has 0 spiro atoms. The number of thiophene rings is 1. The number of aliphatic hydroxyl groups excluding tert-OH is 1. The van der Waals surface area contributed by atoms with Crippen molar-refractivity contribution in [2.45, 2.75) is 39.8 Å². The van der Waals surface area contributed by atoms with Crippen LogP contribution < -0.4 is 9.64 Å². The minimum atomic E-state index is -0.693. The predicted octanol–water partition coefficient (Wildman–Crippen LogP) is 5.78. The van der Waals surface area contributed by atoms with Gasteiger partial charge in [-0.3, -0.25) is 14.5 Å². The number of ether oxygens (including phenoxy) is 1. The van der Waals surface area contributed by atoms with Gasteiger partial charge in [0, 0.05) is 16.1 Å². The normalized spacial score (nSPS) is 17.9. The molecular formula is C26H25NO4S. The summed E-state index contributed by atoms with van der Waals surface area (Å²) in [6.07, 6.45) is 0.0242. The van der Waals surface area contributed by atoms with Crippen molar-refractivity contribution in [3.63, 3.8) is 0 Å². The lowest BCUT2D eigenvalue weighted by Crippen LogP contribution is -2.29. The van der Waals surface area contributed by atoms with Crippen LogP contribution in [0.2, 0.25) is 0 Å². The highest BCUT2D eigenvalue weighted by molar-refractivity contribution is 7.10. The van der Waals surface area contributed by atoms with E-state index in [-0.39, 0.29) is 17.4 Å².